The summed E-state index contributed by atoms with van der Waals surface area (Å²) < 4.78 is 0. The minimum atomic E-state index is 0.464. The molecule has 13 rings (SSSR count). The van der Waals surface area contributed by atoms with E-state index in [9.17, 15) is 0 Å². The molecule has 11 nitrogen and oxygen atoms in total. The van der Waals surface area contributed by atoms with Gasteiger partial charge in [0.05, 0.1) is 28.4 Å². The minimum Gasteiger partial charge on any atom is -0.306 e. The van der Waals surface area contributed by atoms with Crippen molar-refractivity contribution in [2.75, 3.05) is 9.80 Å². The zero-order valence-corrected chi connectivity index (χ0v) is 40.5. The van der Waals surface area contributed by atoms with Gasteiger partial charge in [-0.25, -0.2) is 34.9 Å². The van der Waals surface area contributed by atoms with Crippen molar-refractivity contribution in [2.45, 2.75) is 6.92 Å². The number of benzene rings is 9. The van der Waals surface area contributed by atoms with Crippen LogP contribution in [0.5, 0.6) is 0 Å². The third kappa shape index (κ3) is 8.70. The zero-order chi connectivity index (χ0) is 50.1. The van der Waals surface area contributed by atoms with Crippen LogP contribution in [0.1, 0.15) is 5.56 Å². The molecule has 0 atom stereocenters. The van der Waals surface area contributed by atoms with Crippen molar-refractivity contribution in [1.29, 1.82) is 0 Å². The van der Waals surface area contributed by atoms with Gasteiger partial charge >= 0.3 is 0 Å². The largest absolute Gasteiger partial charge is 0.306 e. The molecular formula is C64H43N11. The van der Waals surface area contributed by atoms with Gasteiger partial charge in [0.25, 0.3) is 0 Å². The normalized spacial score (nSPS) is 11.7. The third-order valence-electron chi connectivity index (χ3n) is 13.0. The van der Waals surface area contributed by atoms with Crippen molar-refractivity contribution in [3.05, 3.63) is 248 Å². The molecule has 354 valence electrons. The van der Waals surface area contributed by atoms with Crippen LogP contribution in [0.4, 0.5) is 34.4 Å². The predicted molar refractivity (Wildman–Crippen MR) is 298 cm³/mol. The summed E-state index contributed by atoms with van der Waals surface area (Å²) in [5.74, 6) is 4.75. The van der Waals surface area contributed by atoms with Crippen molar-refractivity contribution in [2.24, 2.45) is 0 Å². The quantitative estimate of drug-likeness (QED) is 0.130. The van der Waals surface area contributed by atoms with Crippen molar-refractivity contribution < 1.29 is 0 Å². The maximum atomic E-state index is 5.35. The lowest BCUT2D eigenvalue weighted by Crippen LogP contribution is -2.26. The zero-order valence-electron chi connectivity index (χ0n) is 40.5. The van der Waals surface area contributed by atoms with E-state index in [2.05, 4.69) is 71.3 Å². The molecule has 0 bridgehead atoms. The van der Waals surface area contributed by atoms with E-state index in [0.717, 1.165) is 78.5 Å². The van der Waals surface area contributed by atoms with Gasteiger partial charge in [-0.1, -0.05) is 200 Å². The van der Waals surface area contributed by atoms with Crippen molar-refractivity contribution in [1.82, 2.24) is 44.9 Å². The first-order valence-electron chi connectivity index (χ1n) is 24.6. The summed E-state index contributed by atoms with van der Waals surface area (Å²) in [4.78, 5) is 51.2. The standard InChI is InChI=1S/C64H43N11/c1-42-36-38-54-55(40-42)75(64-72-60(47-30-16-6-17-31-47)69-61(73-64)48-32-18-7-19-33-48)53-35-21-20-34-52(53)74(54)51-39-37-49(62-67-56(43-22-8-2-9-23-43)65-57(68-62)44-24-10-3-11-25-44)41-50(51)63-70-58(45-26-12-4-13-27-45)66-59(71-63)46-28-14-5-15-29-46/h2-41H,1H3. The van der Waals surface area contributed by atoms with Crippen molar-refractivity contribution in [3.63, 3.8) is 0 Å². The Morgan fingerprint density at radius 3 is 0.933 bits per heavy atom. The van der Waals surface area contributed by atoms with Gasteiger partial charge < -0.3 is 4.90 Å². The number of fused-ring (bicyclic) bond motifs is 2. The monoisotopic (exact) mass is 965 g/mol. The maximum absolute atomic E-state index is 5.35. The Bertz CT molecular complexity index is 3840. The number of rotatable bonds is 10. The molecule has 0 radical (unpaired) electrons. The topological polar surface area (TPSA) is 122 Å². The lowest BCUT2D eigenvalue weighted by molar-refractivity contribution is 1.01. The van der Waals surface area contributed by atoms with Crippen LogP contribution in [0, 0.1) is 6.92 Å². The summed E-state index contributed by atoms with van der Waals surface area (Å²) in [6.07, 6.45) is 0. The van der Waals surface area contributed by atoms with Gasteiger partial charge in [-0.15, -0.1) is 0 Å². The van der Waals surface area contributed by atoms with E-state index < -0.39 is 0 Å². The molecule has 0 unspecified atom stereocenters. The molecule has 75 heavy (non-hydrogen) atoms. The number of hydrogen-bond donors (Lipinski definition) is 0. The molecule has 0 spiro atoms. The minimum absolute atomic E-state index is 0.464. The van der Waals surface area contributed by atoms with Crippen LogP contribution in [0.15, 0.2) is 243 Å². The number of nitrogens with zero attached hydrogens (tertiary/aromatic N) is 11. The second kappa shape index (κ2) is 19.3. The summed E-state index contributed by atoms with van der Waals surface area (Å²) in [7, 11) is 0. The van der Waals surface area contributed by atoms with Crippen LogP contribution >= 0.6 is 0 Å². The number of anilines is 6. The fraction of sp³-hybridized carbons (Fsp3) is 0.0156. The lowest BCUT2D eigenvalue weighted by atomic mass is 10.0. The second-order valence-corrected chi connectivity index (χ2v) is 18.0. The average molecular weight is 966 g/mol. The van der Waals surface area contributed by atoms with Gasteiger partial charge in [0, 0.05) is 44.5 Å². The first-order chi connectivity index (χ1) is 37.1. The van der Waals surface area contributed by atoms with E-state index in [1.165, 1.54) is 0 Å². The van der Waals surface area contributed by atoms with E-state index >= 15 is 0 Å². The smallest absolute Gasteiger partial charge is 0.238 e. The molecule has 0 amide bonds. The Kier molecular flexibility index (Phi) is 11.5. The van der Waals surface area contributed by atoms with Gasteiger partial charge in [0.2, 0.25) is 5.95 Å². The van der Waals surface area contributed by atoms with Gasteiger partial charge in [-0.05, 0) is 55.0 Å². The fourth-order valence-corrected chi connectivity index (χ4v) is 9.39. The Hall–Kier alpha value is -10.4. The second-order valence-electron chi connectivity index (χ2n) is 18.0. The molecule has 1 aliphatic heterocycles. The molecule has 0 N–H and O–H groups in total. The summed E-state index contributed by atoms with van der Waals surface area (Å²) in [5.41, 5.74) is 12.1. The lowest BCUT2D eigenvalue weighted by Gasteiger charge is -2.40. The van der Waals surface area contributed by atoms with E-state index in [0.29, 0.717) is 52.5 Å². The van der Waals surface area contributed by atoms with Crippen molar-refractivity contribution in [3.8, 4) is 91.1 Å². The van der Waals surface area contributed by atoms with Gasteiger partial charge in [-0.3, -0.25) is 4.90 Å². The molecule has 11 heteroatoms. The molecular weight excluding hydrogens is 923 g/mol. The molecule has 12 aromatic rings. The first-order valence-corrected chi connectivity index (χ1v) is 24.6. The molecule has 3 aromatic heterocycles. The maximum Gasteiger partial charge on any atom is 0.238 e. The number of hydrogen-bond acceptors (Lipinski definition) is 11. The number of para-hydroxylation sites is 2. The van der Waals surface area contributed by atoms with Crippen LogP contribution in [-0.2, 0) is 0 Å². The molecule has 4 heterocycles. The average Bonchev–Trinajstić information content (AvgIpc) is 3.52. The number of aromatic nitrogens is 9. The van der Waals surface area contributed by atoms with Gasteiger partial charge in [0.1, 0.15) is 0 Å². The summed E-state index contributed by atoms with van der Waals surface area (Å²) in [6.45, 7) is 2.10. The van der Waals surface area contributed by atoms with Crippen LogP contribution < -0.4 is 9.80 Å². The van der Waals surface area contributed by atoms with E-state index in [4.69, 9.17) is 44.9 Å². The highest BCUT2D eigenvalue weighted by molar-refractivity contribution is 6.03. The SMILES string of the molecule is Cc1ccc2c(c1)N(c1nc(-c3ccccc3)nc(-c3ccccc3)n1)c1ccccc1N2c1ccc(-c2nc(-c3ccccc3)nc(-c3ccccc3)n2)cc1-c1nc(-c2ccccc2)nc(-c2ccccc2)n1. The van der Waals surface area contributed by atoms with Gasteiger partial charge in [0.15, 0.2) is 46.6 Å². The van der Waals surface area contributed by atoms with E-state index in [1.54, 1.807) is 0 Å². The predicted octanol–water partition coefficient (Wildman–Crippen LogP) is 15.1. The van der Waals surface area contributed by atoms with E-state index in [-0.39, 0.29) is 0 Å². The first kappa shape index (κ1) is 44.5. The third-order valence-corrected chi connectivity index (χ3v) is 13.0. The van der Waals surface area contributed by atoms with Crippen LogP contribution in [-0.4, -0.2) is 44.9 Å². The Balaban J connectivity index is 1.06. The summed E-state index contributed by atoms with van der Waals surface area (Å²) in [5, 5.41) is 0. The van der Waals surface area contributed by atoms with Crippen LogP contribution in [0.2, 0.25) is 0 Å². The fourth-order valence-electron chi connectivity index (χ4n) is 9.39. The Morgan fingerprint density at radius 2 is 0.533 bits per heavy atom. The summed E-state index contributed by atoms with van der Waals surface area (Å²) >= 11 is 0. The van der Waals surface area contributed by atoms with Crippen LogP contribution in [0.25, 0.3) is 91.1 Å². The summed E-state index contributed by atoms with van der Waals surface area (Å²) in [6, 6.07) is 81.3. The number of aryl methyl sites for hydroxylation is 1. The van der Waals surface area contributed by atoms with Crippen LogP contribution in [0.3, 0.4) is 0 Å². The van der Waals surface area contributed by atoms with E-state index in [1.807, 2.05) is 188 Å². The van der Waals surface area contributed by atoms with Gasteiger partial charge in [-0.2, -0.15) is 9.97 Å². The highest BCUT2D eigenvalue weighted by Gasteiger charge is 2.34. The molecule has 0 aliphatic carbocycles. The molecule has 0 saturated carbocycles. The molecule has 9 aromatic carbocycles. The Morgan fingerprint density at radius 1 is 0.227 bits per heavy atom. The highest BCUT2D eigenvalue weighted by Crippen LogP contribution is 2.55. The molecule has 0 fully saturated rings. The highest BCUT2D eigenvalue weighted by atomic mass is 15.3. The molecule has 0 saturated heterocycles. The van der Waals surface area contributed by atoms with Crippen molar-refractivity contribution >= 4 is 34.4 Å². The Labute approximate surface area is 433 Å². The molecule has 1 aliphatic rings.